The quantitative estimate of drug-likeness (QED) is 0.617. The highest BCUT2D eigenvalue weighted by Gasteiger charge is 2.16. The van der Waals surface area contributed by atoms with Gasteiger partial charge in [0.1, 0.15) is 5.39 Å². The molecule has 8 heteroatoms. The van der Waals surface area contributed by atoms with E-state index in [0.717, 1.165) is 8.14 Å². The smallest absolute Gasteiger partial charge is 0.321 e. The molecule has 1 aromatic carbocycles. The Morgan fingerprint density at radius 2 is 1.83 bits per heavy atom. The van der Waals surface area contributed by atoms with E-state index < -0.39 is 11.2 Å². The molecule has 122 valence electrons. The number of pyridine rings is 1. The summed E-state index contributed by atoms with van der Waals surface area (Å²) in [5, 5.41) is 2.94. The standard InChI is InChI=1S/C16H13IN4O3/c1-20-13-12(15(23)21(2)16(20)24)11(7-8-18-13)19-14(22)9-5-3-4-6-10(9)17/h3-8H,1-2H3,(H,18,19,22). The number of halogens is 1. The normalized spacial score (nSPS) is 10.8. The summed E-state index contributed by atoms with van der Waals surface area (Å²) in [7, 11) is 2.92. The monoisotopic (exact) mass is 436 g/mol. The van der Waals surface area contributed by atoms with Crippen molar-refractivity contribution in [3.05, 3.63) is 66.5 Å². The van der Waals surface area contributed by atoms with Crippen LogP contribution in [-0.4, -0.2) is 20.0 Å². The van der Waals surface area contributed by atoms with Crippen LogP contribution in [0.5, 0.6) is 0 Å². The zero-order valence-electron chi connectivity index (χ0n) is 12.9. The number of amides is 1. The molecule has 0 saturated heterocycles. The molecule has 0 aliphatic rings. The molecule has 0 bridgehead atoms. The van der Waals surface area contributed by atoms with Gasteiger partial charge in [-0.25, -0.2) is 9.78 Å². The van der Waals surface area contributed by atoms with Crippen molar-refractivity contribution in [3.63, 3.8) is 0 Å². The van der Waals surface area contributed by atoms with E-state index in [-0.39, 0.29) is 16.9 Å². The fourth-order valence-corrected chi connectivity index (χ4v) is 3.06. The third-order valence-corrected chi connectivity index (χ3v) is 4.65. The van der Waals surface area contributed by atoms with Crippen molar-refractivity contribution >= 4 is 45.2 Å². The molecule has 0 aliphatic heterocycles. The van der Waals surface area contributed by atoms with E-state index in [0.29, 0.717) is 11.3 Å². The lowest BCUT2D eigenvalue weighted by Gasteiger charge is -2.11. The van der Waals surface area contributed by atoms with E-state index >= 15 is 0 Å². The largest absolute Gasteiger partial charge is 0.332 e. The van der Waals surface area contributed by atoms with E-state index in [9.17, 15) is 14.4 Å². The Hall–Kier alpha value is -2.49. The van der Waals surface area contributed by atoms with E-state index in [1.165, 1.54) is 24.9 Å². The Kier molecular flexibility index (Phi) is 4.22. The van der Waals surface area contributed by atoms with Gasteiger partial charge in [-0.15, -0.1) is 0 Å². The molecular formula is C16H13IN4O3. The van der Waals surface area contributed by atoms with Crippen LogP contribution in [0, 0.1) is 3.57 Å². The third-order valence-electron chi connectivity index (χ3n) is 3.71. The second-order valence-electron chi connectivity index (χ2n) is 5.20. The van der Waals surface area contributed by atoms with Crippen LogP contribution in [0.1, 0.15) is 10.4 Å². The van der Waals surface area contributed by atoms with Gasteiger partial charge in [0, 0.05) is 23.9 Å². The second kappa shape index (κ2) is 6.19. The molecule has 3 rings (SSSR count). The summed E-state index contributed by atoms with van der Waals surface area (Å²) in [4.78, 5) is 41.1. The summed E-state index contributed by atoms with van der Waals surface area (Å²) in [5.74, 6) is -0.330. The molecule has 24 heavy (non-hydrogen) atoms. The van der Waals surface area contributed by atoms with Crippen LogP contribution in [0.15, 0.2) is 46.1 Å². The van der Waals surface area contributed by atoms with Crippen molar-refractivity contribution in [2.75, 3.05) is 5.32 Å². The lowest BCUT2D eigenvalue weighted by atomic mass is 10.2. The van der Waals surface area contributed by atoms with E-state index in [4.69, 9.17) is 0 Å². The van der Waals surface area contributed by atoms with Crippen LogP contribution < -0.4 is 16.6 Å². The van der Waals surface area contributed by atoms with Crippen LogP contribution >= 0.6 is 22.6 Å². The number of aryl methyl sites for hydroxylation is 1. The third kappa shape index (κ3) is 2.62. The minimum Gasteiger partial charge on any atom is -0.321 e. The average Bonchev–Trinajstić information content (AvgIpc) is 2.58. The molecule has 1 N–H and O–H groups in total. The van der Waals surface area contributed by atoms with Gasteiger partial charge in [0.15, 0.2) is 5.65 Å². The highest BCUT2D eigenvalue weighted by atomic mass is 127. The fourth-order valence-electron chi connectivity index (χ4n) is 2.43. The molecule has 0 spiro atoms. The Balaban J connectivity index is 2.18. The zero-order valence-corrected chi connectivity index (χ0v) is 15.1. The molecule has 3 aromatic rings. The van der Waals surface area contributed by atoms with Crippen LogP contribution in [0.25, 0.3) is 11.0 Å². The second-order valence-corrected chi connectivity index (χ2v) is 6.36. The van der Waals surface area contributed by atoms with Crippen molar-refractivity contribution in [2.24, 2.45) is 14.1 Å². The first-order chi connectivity index (χ1) is 11.4. The Morgan fingerprint density at radius 3 is 2.54 bits per heavy atom. The molecular weight excluding hydrogens is 423 g/mol. The average molecular weight is 436 g/mol. The Morgan fingerprint density at radius 1 is 1.12 bits per heavy atom. The van der Waals surface area contributed by atoms with Gasteiger partial charge in [0.2, 0.25) is 0 Å². The number of hydrogen-bond acceptors (Lipinski definition) is 4. The molecule has 0 radical (unpaired) electrons. The number of rotatable bonds is 2. The van der Waals surface area contributed by atoms with Gasteiger partial charge in [-0.1, -0.05) is 12.1 Å². The number of benzene rings is 1. The topological polar surface area (TPSA) is 86.0 Å². The van der Waals surface area contributed by atoms with E-state index in [2.05, 4.69) is 32.9 Å². The van der Waals surface area contributed by atoms with Crippen LogP contribution in [-0.2, 0) is 14.1 Å². The van der Waals surface area contributed by atoms with Crippen molar-refractivity contribution in [2.45, 2.75) is 0 Å². The minimum absolute atomic E-state index is 0.196. The van der Waals surface area contributed by atoms with Gasteiger partial charge >= 0.3 is 5.69 Å². The first-order valence-corrected chi connectivity index (χ1v) is 8.10. The first-order valence-electron chi connectivity index (χ1n) is 7.02. The molecule has 2 aromatic heterocycles. The number of hydrogen-bond donors (Lipinski definition) is 1. The van der Waals surface area contributed by atoms with Crippen molar-refractivity contribution in [1.82, 2.24) is 14.1 Å². The number of nitrogens with zero attached hydrogens (tertiary/aromatic N) is 3. The molecule has 2 heterocycles. The van der Waals surface area contributed by atoms with Crippen molar-refractivity contribution < 1.29 is 4.79 Å². The summed E-state index contributed by atoms with van der Waals surface area (Å²) in [6.07, 6.45) is 1.45. The molecule has 0 atom stereocenters. The zero-order chi connectivity index (χ0) is 17.4. The van der Waals surface area contributed by atoms with E-state index in [1.807, 2.05) is 12.1 Å². The summed E-state index contributed by atoms with van der Waals surface area (Å²) >= 11 is 2.07. The number of nitrogens with one attached hydrogen (secondary N) is 1. The summed E-state index contributed by atoms with van der Waals surface area (Å²) in [5.41, 5.74) is 0.0783. The molecule has 0 fully saturated rings. The van der Waals surface area contributed by atoms with Gasteiger partial charge in [0.05, 0.1) is 11.3 Å². The summed E-state index contributed by atoms with van der Waals surface area (Å²) < 4.78 is 3.07. The predicted octanol–water partition coefficient (Wildman–Crippen LogP) is 1.49. The molecule has 0 unspecified atom stereocenters. The van der Waals surface area contributed by atoms with Gasteiger partial charge in [0.25, 0.3) is 11.5 Å². The van der Waals surface area contributed by atoms with Crippen LogP contribution in [0.3, 0.4) is 0 Å². The van der Waals surface area contributed by atoms with Crippen molar-refractivity contribution in [1.29, 1.82) is 0 Å². The van der Waals surface area contributed by atoms with Gasteiger partial charge in [-0.3, -0.25) is 18.7 Å². The predicted molar refractivity (Wildman–Crippen MR) is 99.3 cm³/mol. The number of aromatic nitrogens is 3. The SMILES string of the molecule is Cn1c(=O)c2c(NC(=O)c3ccccc3I)ccnc2n(C)c1=O. The highest BCUT2D eigenvalue weighted by molar-refractivity contribution is 14.1. The van der Waals surface area contributed by atoms with Crippen LogP contribution in [0.2, 0.25) is 0 Å². The summed E-state index contributed by atoms with van der Waals surface area (Å²) in [6.45, 7) is 0. The summed E-state index contributed by atoms with van der Waals surface area (Å²) in [6, 6.07) is 8.68. The highest BCUT2D eigenvalue weighted by Crippen LogP contribution is 2.19. The number of fused-ring (bicyclic) bond motifs is 1. The molecule has 0 aliphatic carbocycles. The lowest BCUT2D eigenvalue weighted by molar-refractivity contribution is 0.102. The maximum Gasteiger partial charge on any atom is 0.332 e. The lowest BCUT2D eigenvalue weighted by Crippen LogP contribution is -2.37. The van der Waals surface area contributed by atoms with Crippen molar-refractivity contribution in [3.8, 4) is 0 Å². The Bertz CT molecular complexity index is 1080. The maximum absolute atomic E-state index is 12.5. The number of carbonyl (C=O) groups is 1. The maximum atomic E-state index is 12.5. The molecule has 1 amide bonds. The van der Waals surface area contributed by atoms with E-state index in [1.54, 1.807) is 18.2 Å². The Labute approximate surface area is 150 Å². The number of carbonyl (C=O) groups excluding carboxylic acids is 1. The van der Waals surface area contributed by atoms with Crippen LogP contribution in [0.4, 0.5) is 5.69 Å². The molecule has 7 nitrogen and oxygen atoms in total. The molecule has 0 saturated carbocycles. The van der Waals surface area contributed by atoms with Gasteiger partial charge in [-0.2, -0.15) is 0 Å². The fraction of sp³-hybridized carbons (Fsp3) is 0.125. The van der Waals surface area contributed by atoms with Gasteiger partial charge < -0.3 is 5.32 Å². The van der Waals surface area contributed by atoms with Gasteiger partial charge in [-0.05, 0) is 40.8 Å². The number of anilines is 1. The first kappa shape index (κ1) is 16.4. The minimum atomic E-state index is -0.501.